The summed E-state index contributed by atoms with van der Waals surface area (Å²) < 4.78 is 16.7. The maximum atomic E-state index is 11.7. The molecule has 4 rings (SSSR count). The molecule has 0 N–H and O–H groups in total. The summed E-state index contributed by atoms with van der Waals surface area (Å²) in [6.45, 7) is 0. The first kappa shape index (κ1) is 12.6. The molecule has 0 amide bonds. The van der Waals surface area contributed by atoms with Gasteiger partial charge < -0.3 is 14.2 Å². The Labute approximate surface area is 118 Å². The predicted octanol–water partition coefficient (Wildman–Crippen LogP) is 1.00. The van der Waals surface area contributed by atoms with Crippen molar-refractivity contribution in [2.45, 2.75) is 49.3 Å². The molecule has 1 aliphatic carbocycles. The molecule has 5 nitrogen and oxygen atoms in total. The van der Waals surface area contributed by atoms with Crippen molar-refractivity contribution in [3.8, 4) is 0 Å². The average Bonchev–Trinajstić information content (AvgIpc) is 3.06. The number of methoxy groups -OCH3 is 2. The molecule has 20 heavy (non-hydrogen) atoms. The molecule has 2 bridgehead atoms. The smallest absolute Gasteiger partial charge is 0.332 e. The van der Waals surface area contributed by atoms with Crippen molar-refractivity contribution in [1.29, 1.82) is 0 Å². The Balaban J connectivity index is 1.71. The number of nitrogens with zero attached hydrogens (tertiary/aromatic N) is 1. The molecule has 0 aromatic rings. The molecule has 1 spiro atoms. The second-order valence-corrected chi connectivity index (χ2v) is 5.99. The molecule has 108 valence electrons. The third-order valence-corrected chi connectivity index (χ3v) is 5.23. The lowest BCUT2D eigenvalue weighted by atomic mass is 9.81. The van der Waals surface area contributed by atoms with Gasteiger partial charge in [-0.25, -0.2) is 4.79 Å². The fraction of sp³-hybridized carbons (Fsp3) is 0.667. The van der Waals surface area contributed by atoms with Gasteiger partial charge in [0.05, 0.1) is 12.1 Å². The van der Waals surface area contributed by atoms with Crippen LogP contribution in [-0.2, 0) is 19.0 Å². The van der Waals surface area contributed by atoms with Gasteiger partial charge in [-0.1, -0.05) is 12.2 Å². The highest BCUT2D eigenvalue weighted by Crippen LogP contribution is 2.54. The van der Waals surface area contributed by atoms with Gasteiger partial charge in [-0.3, -0.25) is 4.90 Å². The lowest BCUT2D eigenvalue weighted by Crippen LogP contribution is -2.48. The van der Waals surface area contributed by atoms with E-state index in [9.17, 15) is 4.79 Å². The Bertz CT molecular complexity index is 510. The molecule has 2 saturated heterocycles. The summed E-state index contributed by atoms with van der Waals surface area (Å²) in [5.41, 5.74) is 0.621. The maximum absolute atomic E-state index is 11.7. The van der Waals surface area contributed by atoms with Gasteiger partial charge in [-0.15, -0.1) is 0 Å². The summed E-state index contributed by atoms with van der Waals surface area (Å²) in [5, 5.41) is 0. The Hall–Kier alpha value is -1.17. The van der Waals surface area contributed by atoms with Crippen LogP contribution in [0.4, 0.5) is 0 Å². The van der Waals surface area contributed by atoms with Crippen LogP contribution in [0.15, 0.2) is 23.8 Å². The number of hydrogen-bond acceptors (Lipinski definition) is 5. The number of esters is 1. The molecule has 2 unspecified atom stereocenters. The van der Waals surface area contributed by atoms with Crippen LogP contribution in [0.3, 0.4) is 0 Å². The molecule has 3 heterocycles. The molecule has 0 aromatic carbocycles. The first-order chi connectivity index (χ1) is 9.69. The van der Waals surface area contributed by atoms with E-state index in [0.717, 1.165) is 24.8 Å². The lowest BCUT2D eigenvalue weighted by Gasteiger charge is -2.33. The van der Waals surface area contributed by atoms with Crippen LogP contribution >= 0.6 is 0 Å². The first-order valence-corrected chi connectivity index (χ1v) is 7.16. The van der Waals surface area contributed by atoms with Crippen LogP contribution < -0.4 is 0 Å². The number of carbonyl (C=O) groups is 1. The van der Waals surface area contributed by atoms with Gasteiger partial charge in [-0.05, 0) is 12.8 Å². The van der Waals surface area contributed by atoms with E-state index in [2.05, 4.69) is 17.1 Å². The van der Waals surface area contributed by atoms with Gasteiger partial charge in [0.1, 0.15) is 0 Å². The summed E-state index contributed by atoms with van der Waals surface area (Å²) >= 11 is 0. The zero-order valence-electron chi connectivity index (χ0n) is 11.7. The highest BCUT2D eigenvalue weighted by atomic mass is 16.7. The molecular weight excluding hydrogens is 258 g/mol. The highest BCUT2D eigenvalue weighted by molar-refractivity contribution is 5.88. The van der Waals surface area contributed by atoms with Crippen molar-refractivity contribution >= 4 is 5.97 Å². The van der Waals surface area contributed by atoms with Crippen LogP contribution in [0.1, 0.15) is 19.3 Å². The third kappa shape index (κ3) is 1.40. The topological polar surface area (TPSA) is 48.0 Å². The van der Waals surface area contributed by atoms with Gasteiger partial charge in [0.2, 0.25) is 0 Å². The van der Waals surface area contributed by atoms with E-state index in [4.69, 9.17) is 14.2 Å². The summed E-state index contributed by atoms with van der Waals surface area (Å²) in [4.78, 5) is 14.1. The van der Waals surface area contributed by atoms with Crippen molar-refractivity contribution in [3.63, 3.8) is 0 Å². The van der Waals surface area contributed by atoms with Gasteiger partial charge in [-0.2, -0.15) is 0 Å². The predicted molar refractivity (Wildman–Crippen MR) is 70.9 cm³/mol. The van der Waals surface area contributed by atoms with Gasteiger partial charge in [0.15, 0.2) is 11.9 Å². The minimum absolute atomic E-state index is 0.203. The standard InChI is InChI=1S/C15H19NO4/c1-18-14(19-2)11-5-6-12-15-8-10(16(11)12)4-3-9(15)7-13(17)20-15/h3-4,7,10-12,14H,5-6,8H2,1-2H3/t10-,11?,12?,15+/m1/s1. The Morgan fingerprint density at radius 3 is 2.95 bits per heavy atom. The summed E-state index contributed by atoms with van der Waals surface area (Å²) in [6.07, 6.45) is 8.55. The largest absolute Gasteiger partial charge is 0.449 e. The van der Waals surface area contributed by atoms with Crippen LogP contribution in [0.5, 0.6) is 0 Å². The lowest BCUT2D eigenvalue weighted by molar-refractivity contribution is -0.151. The molecule has 5 heteroatoms. The number of rotatable bonds is 3. The molecule has 2 fully saturated rings. The first-order valence-electron chi connectivity index (χ1n) is 7.16. The van der Waals surface area contributed by atoms with Crippen LogP contribution in [-0.4, -0.2) is 55.1 Å². The Morgan fingerprint density at radius 2 is 2.20 bits per heavy atom. The van der Waals surface area contributed by atoms with Crippen molar-refractivity contribution in [1.82, 2.24) is 4.90 Å². The highest BCUT2D eigenvalue weighted by Gasteiger charge is 2.63. The van der Waals surface area contributed by atoms with Crippen LogP contribution in [0, 0.1) is 0 Å². The van der Waals surface area contributed by atoms with Gasteiger partial charge in [0, 0.05) is 38.3 Å². The number of ether oxygens (including phenoxy) is 3. The maximum Gasteiger partial charge on any atom is 0.332 e. The molecule has 3 aliphatic heterocycles. The summed E-state index contributed by atoms with van der Waals surface area (Å²) in [6, 6.07) is 0.782. The van der Waals surface area contributed by atoms with E-state index in [0.29, 0.717) is 6.04 Å². The van der Waals surface area contributed by atoms with Crippen molar-refractivity contribution in [2.24, 2.45) is 0 Å². The zero-order valence-corrected chi connectivity index (χ0v) is 11.7. The molecule has 0 saturated carbocycles. The zero-order chi connectivity index (χ0) is 13.9. The van der Waals surface area contributed by atoms with Gasteiger partial charge in [0.25, 0.3) is 0 Å². The second-order valence-electron chi connectivity index (χ2n) is 5.99. The van der Waals surface area contributed by atoms with E-state index in [1.807, 2.05) is 0 Å². The number of hydrogen-bond donors (Lipinski definition) is 0. The second kappa shape index (κ2) is 4.16. The van der Waals surface area contributed by atoms with Gasteiger partial charge >= 0.3 is 5.97 Å². The molecule has 4 atom stereocenters. The third-order valence-electron chi connectivity index (χ3n) is 5.23. The van der Waals surface area contributed by atoms with E-state index in [-0.39, 0.29) is 24.3 Å². The van der Waals surface area contributed by atoms with Crippen LogP contribution in [0.25, 0.3) is 0 Å². The van der Waals surface area contributed by atoms with E-state index in [1.54, 1.807) is 20.3 Å². The monoisotopic (exact) mass is 277 g/mol. The average molecular weight is 277 g/mol. The number of fused-ring (bicyclic) bond motifs is 3. The quantitative estimate of drug-likeness (QED) is 0.569. The number of carbonyl (C=O) groups excluding carboxylic acids is 1. The van der Waals surface area contributed by atoms with Crippen LogP contribution in [0.2, 0.25) is 0 Å². The molecule has 4 aliphatic rings. The summed E-state index contributed by atoms with van der Waals surface area (Å²) in [7, 11) is 3.36. The van der Waals surface area contributed by atoms with Crippen molar-refractivity contribution in [2.75, 3.05) is 14.2 Å². The minimum Gasteiger partial charge on any atom is -0.449 e. The molecule has 0 radical (unpaired) electrons. The van der Waals surface area contributed by atoms with E-state index >= 15 is 0 Å². The van der Waals surface area contributed by atoms with Crippen molar-refractivity contribution in [3.05, 3.63) is 23.8 Å². The fourth-order valence-electron chi connectivity index (χ4n) is 4.56. The van der Waals surface area contributed by atoms with Crippen molar-refractivity contribution < 1.29 is 19.0 Å². The minimum atomic E-state index is -0.419. The molecule has 0 aromatic heterocycles. The summed E-state index contributed by atoms with van der Waals surface area (Å²) in [5.74, 6) is -0.203. The Morgan fingerprint density at radius 1 is 1.40 bits per heavy atom. The van der Waals surface area contributed by atoms with E-state index in [1.165, 1.54) is 0 Å². The Kier molecular flexibility index (Phi) is 2.61. The fourth-order valence-corrected chi connectivity index (χ4v) is 4.56. The molecular formula is C15H19NO4. The normalized spacial score (nSPS) is 41.9. The van der Waals surface area contributed by atoms with E-state index < -0.39 is 5.60 Å². The SMILES string of the molecule is COC(OC)C1CCC2N1[C@@H]1C=CC3=CC(=O)O[C@@]32C1.